The highest BCUT2D eigenvalue weighted by Gasteiger charge is 2.05. The Labute approximate surface area is 90.7 Å². The third kappa shape index (κ3) is 8.38. The molecule has 0 radical (unpaired) electrons. The molecule has 0 aliphatic carbocycles. The lowest BCUT2D eigenvalue weighted by molar-refractivity contribution is -0.121. The molecular formula is C10H21NO2S. The summed E-state index contributed by atoms with van der Waals surface area (Å²) >= 11 is 1.79. The minimum absolute atomic E-state index is 0.104. The fourth-order valence-corrected chi connectivity index (χ4v) is 1.70. The second-order valence-corrected chi connectivity index (χ2v) is 4.42. The predicted octanol–water partition coefficient (Wildman–Crippen LogP) is 1.41. The van der Waals surface area contributed by atoms with Crippen molar-refractivity contribution in [2.75, 3.05) is 18.6 Å². The monoisotopic (exact) mass is 219 g/mol. The second kappa shape index (κ2) is 9.34. The average molecular weight is 219 g/mol. The highest BCUT2D eigenvalue weighted by molar-refractivity contribution is 7.98. The summed E-state index contributed by atoms with van der Waals surface area (Å²) in [6, 6.07) is 0.268. The normalized spacial score (nSPS) is 12.5. The van der Waals surface area contributed by atoms with Crippen molar-refractivity contribution in [1.29, 1.82) is 0 Å². The van der Waals surface area contributed by atoms with Gasteiger partial charge in [0.1, 0.15) is 0 Å². The average Bonchev–Trinajstić information content (AvgIpc) is 2.15. The van der Waals surface area contributed by atoms with Gasteiger partial charge in [0.05, 0.1) is 0 Å². The predicted molar refractivity (Wildman–Crippen MR) is 61.5 cm³/mol. The second-order valence-electron chi connectivity index (χ2n) is 3.43. The molecule has 14 heavy (non-hydrogen) atoms. The van der Waals surface area contributed by atoms with Gasteiger partial charge < -0.3 is 10.4 Å². The minimum atomic E-state index is 0.104. The number of hydrogen-bond donors (Lipinski definition) is 2. The molecule has 0 fully saturated rings. The van der Waals surface area contributed by atoms with Crippen molar-refractivity contribution in [2.24, 2.45) is 0 Å². The number of amides is 1. The van der Waals surface area contributed by atoms with Crippen molar-refractivity contribution in [3.05, 3.63) is 0 Å². The molecular weight excluding hydrogens is 198 g/mol. The molecule has 0 bridgehead atoms. The Bertz CT molecular complexity index is 153. The van der Waals surface area contributed by atoms with Crippen LogP contribution < -0.4 is 5.32 Å². The quantitative estimate of drug-likeness (QED) is 0.607. The topological polar surface area (TPSA) is 49.3 Å². The third-order valence-electron chi connectivity index (χ3n) is 1.97. The number of carbonyl (C=O) groups excluding carboxylic acids is 1. The minimum Gasteiger partial charge on any atom is -0.396 e. The summed E-state index contributed by atoms with van der Waals surface area (Å²) in [5, 5.41) is 11.5. The summed E-state index contributed by atoms with van der Waals surface area (Å²) in [6.07, 6.45) is 5.11. The number of nitrogens with one attached hydrogen (secondary N) is 1. The molecule has 1 unspecified atom stereocenters. The van der Waals surface area contributed by atoms with Crippen LogP contribution in [0, 0.1) is 0 Å². The standard InChI is InChI=1S/C10H21NO2S/c1-9(6-8-14-2)11-10(13)5-3-4-7-12/h9,12H,3-8H2,1-2H3,(H,11,13). The van der Waals surface area contributed by atoms with Crippen LogP contribution in [0.1, 0.15) is 32.6 Å². The maximum Gasteiger partial charge on any atom is 0.220 e. The van der Waals surface area contributed by atoms with Gasteiger partial charge in [-0.25, -0.2) is 0 Å². The van der Waals surface area contributed by atoms with Crippen LogP contribution in [0.15, 0.2) is 0 Å². The molecule has 0 saturated heterocycles. The van der Waals surface area contributed by atoms with Gasteiger partial charge in [-0.2, -0.15) is 11.8 Å². The number of rotatable bonds is 8. The maximum absolute atomic E-state index is 11.3. The molecule has 3 nitrogen and oxygen atoms in total. The lowest BCUT2D eigenvalue weighted by Gasteiger charge is -2.12. The van der Waals surface area contributed by atoms with Gasteiger partial charge in [0.25, 0.3) is 0 Å². The molecule has 0 aromatic heterocycles. The van der Waals surface area contributed by atoms with E-state index in [1.807, 2.05) is 6.92 Å². The molecule has 0 aromatic rings. The number of thioether (sulfide) groups is 1. The molecule has 0 aromatic carbocycles. The number of aliphatic hydroxyl groups excluding tert-OH is 1. The van der Waals surface area contributed by atoms with Crippen molar-refractivity contribution >= 4 is 17.7 Å². The van der Waals surface area contributed by atoms with Crippen LogP contribution in [0.2, 0.25) is 0 Å². The maximum atomic E-state index is 11.3. The first-order valence-corrected chi connectivity index (χ1v) is 6.49. The smallest absolute Gasteiger partial charge is 0.220 e. The molecule has 0 rings (SSSR count). The molecule has 0 saturated carbocycles. The van der Waals surface area contributed by atoms with Crippen molar-refractivity contribution in [3.63, 3.8) is 0 Å². The van der Waals surface area contributed by atoms with Crippen LogP contribution in [-0.4, -0.2) is 35.7 Å². The molecule has 1 atom stereocenters. The van der Waals surface area contributed by atoms with Crippen molar-refractivity contribution in [2.45, 2.75) is 38.6 Å². The lowest BCUT2D eigenvalue weighted by atomic mass is 10.2. The van der Waals surface area contributed by atoms with Gasteiger partial charge in [-0.1, -0.05) is 0 Å². The van der Waals surface area contributed by atoms with E-state index in [1.165, 1.54) is 0 Å². The summed E-state index contributed by atoms with van der Waals surface area (Å²) in [6.45, 7) is 2.20. The molecule has 0 spiro atoms. The SMILES string of the molecule is CSCCC(C)NC(=O)CCCCO. The summed E-state index contributed by atoms with van der Waals surface area (Å²) in [4.78, 5) is 11.3. The molecule has 84 valence electrons. The Balaban J connectivity index is 3.40. The lowest BCUT2D eigenvalue weighted by Crippen LogP contribution is -2.32. The fraction of sp³-hybridized carbons (Fsp3) is 0.900. The van der Waals surface area contributed by atoms with Crippen LogP contribution in [0.25, 0.3) is 0 Å². The first kappa shape index (κ1) is 13.8. The Hall–Kier alpha value is -0.220. The molecule has 0 heterocycles. The first-order chi connectivity index (χ1) is 6.70. The summed E-state index contributed by atoms with van der Waals surface area (Å²) in [5.74, 6) is 1.19. The Morgan fingerprint density at radius 2 is 2.21 bits per heavy atom. The Kier molecular flexibility index (Phi) is 9.19. The fourth-order valence-electron chi connectivity index (χ4n) is 1.11. The van der Waals surface area contributed by atoms with Crippen LogP contribution in [0.4, 0.5) is 0 Å². The summed E-state index contributed by atoms with van der Waals surface area (Å²) in [5.41, 5.74) is 0. The molecule has 4 heteroatoms. The van der Waals surface area contributed by atoms with Gasteiger partial charge in [0.2, 0.25) is 5.91 Å². The number of hydrogen-bond acceptors (Lipinski definition) is 3. The Morgan fingerprint density at radius 3 is 2.79 bits per heavy atom. The van der Waals surface area contributed by atoms with Gasteiger partial charge in [-0.3, -0.25) is 4.79 Å². The van der Waals surface area contributed by atoms with Crippen LogP contribution in [0.3, 0.4) is 0 Å². The van der Waals surface area contributed by atoms with Gasteiger partial charge in [-0.05, 0) is 38.2 Å². The van der Waals surface area contributed by atoms with Crippen molar-refractivity contribution in [3.8, 4) is 0 Å². The van der Waals surface area contributed by atoms with E-state index in [-0.39, 0.29) is 18.6 Å². The summed E-state index contributed by atoms with van der Waals surface area (Å²) in [7, 11) is 0. The van der Waals surface area contributed by atoms with E-state index in [0.717, 1.165) is 18.6 Å². The zero-order valence-electron chi connectivity index (χ0n) is 9.08. The van der Waals surface area contributed by atoms with Crippen molar-refractivity contribution < 1.29 is 9.90 Å². The van der Waals surface area contributed by atoms with E-state index >= 15 is 0 Å². The molecule has 0 aliphatic heterocycles. The van der Waals surface area contributed by atoms with E-state index < -0.39 is 0 Å². The summed E-state index contributed by atoms with van der Waals surface area (Å²) < 4.78 is 0. The third-order valence-corrected chi connectivity index (χ3v) is 2.62. The molecule has 0 aliphatic rings. The largest absolute Gasteiger partial charge is 0.396 e. The number of unbranched alkanes of at least 4 members (excludes halogenated alkanes) is 1. The van der Waals surface area contributed by atoms with E-state index in [0.29, 0.717) is 12.8 Å². The number of carbonyl (C=O) groups is 1. The first-order valence-electron chi connectivity index (χ1n) is 5.10. The Morgan fingerprint density at radius 1 is 1.50 bits per heavy atom. The molecule has 2 N–H and O–H groups in total. The van der Waals surface area contributed by atoms with E-state index in [4.69, 9.17) is 5.11 Å². The van der Waals surface area contributed by atoms with E-state index in [2.05, 4.69) is 11.6 Å². The highest BCUT2D eigenvalue weighted by atomic mass is 32.2. The van der Waals surface area contributed by atoms with E-state index in [1.54, 1.807) is 11.8 Å². The van der Waals surface area contributed by atoms with Crippen molar-refractivity contribution in [1.82, 2.24) is 5.32 Å². The van der Waals surface area contributed by atoms with E-state index in [9.17, 15) is 4.79 Å². The van der Waals surface area contributed by atoms with Crippen LogP contribution in [0.5, 0.6) is 0 Å². The van der Waals surface area contributed by atoms with Crippen LogP contribution >= 0.6 is 11.8 Å². The zero-order chi connectivity index (χ0) is 10.8. The van der Waals surface area contributed by atoms with Gasteiger partial charge in [0.15, 0.2) is 0 Å². The number of aliphatic hydroxyl groups is 1. The van der Waals surface area contributed by atoms with Crippen LogP contribution in [-0.2, 0) is 4.79 Å². The zero-order valence-corrected chi connectivity index (χ0v) is 9.90. The van der Waals surface area contributed by atoms with Gasteiger partial charge >= 0.3 is 0 Å². The van der Waals surface area contributed by atoms with Gasteiger partial charge in [-0.15, -0.1) is 0 Å². The molecule has 1 amide bonds. The highest BCUT2D eigenvalue weighted by Crippen LogP contribution is 2.01. The van der Waals surface area contributed by atoms with Gasteiger partial charge in [0, 0.05) is 19.1 Å².